The third-order valence-corrected chi connectivity index (χ3v) is 2.64. The smallest absolute Gasteiger partial charge is 0.398 e. The van der Waals surface area contributed by atoms with Crippen LogP contribution < -0.4 is 11.1 Å². The van der Waals surface area contributed by atoms with Gasteiger partial charge in [0.05, 0.1) is 11.9 Å². The summed E-state index contributed by atoms with van der Waals surface area (Å²) in [4.78, 5) is 6.77. The van der Waals surface area contributed by atoms with Gasteiger partial charge in [0.2, 0.25) is 0 Å². The van der Waals surface area contributed by atoms with E-state index in [1.807, 2.05) is 0 Å². The quantitative estimate of drug-likeness (QED) is 0.748. The number of benzene rings is 1. The highest BCUT2D eigenvalue weighted by Crippen LogP contribution is 2.35. The molecule has 0 aliphatic heterocycles. The molecule has 4 N–H and O–H groups in total. The highest BCUT2D eigenvalue weighted by atomic mass is 19.4. The predicted octanol–water partition coefficient (Wildman–Crippen LogP) is 2.67. The number of anilines is 2. The van der Waals surface area contributed by atoms with Gasteiger partial charge in [0, 0.05) is 36.2 Å². The van der Waals surface area contributed by atoms with Gasteiger partial charge in [0.25, 0.3) is 0 Å². The lowest BCUT2D eigenvalue weighted by Gasteiger charge is -2.12. The van der Waals surface area contributed by atoms with E-state index < -0.39 is 11.7 Å². The first-order valence-electron chi connectivity index (χ1n) is 5.64. The normalized spacial score (nSPS) is 11.5. The van der Waals surface area contributed by atoms with Crippen LogP contribution in [0.5, 0.6) is 0 Å². The zero-order chi connectivity index (χ0) is 13.9. The molecule has 0 radical (unpaired) electrons. The fourth-order valence-corrected chi connectivity index (χ4v) is 1.67. The number of nitrogens with one attached hydrogen (secondary N) is 2. The fourth-order valence-electron chi connectivity index (χ4n) is 1.67. The molecule has 2 aromatic rings. The molecule has 4 nitrogen and oxygen atoms in total. The van der Waals surface area contributed by atoms with Gasteiger partial charge in [0.1, 0.15) is 0 Å². The molecular weight excluding hydrogens is 257 g/mol. The molecule has 102 valence electrons. The minimum atomic E-state index is -4.44. The average molecular weight is 270 g/mol. The molecule has 7 heteroatoms. The maximum atomic E-state index is 12.7. The summed E-state index contributed by atoms with van der Waals surface area (Å²) in [5.74, 6) is 0. The lowest BCUT2D eigenvalue weighted by molar-refractivity contribution is -0.136. The lowest BCUT2D eigenvalue weighted by Crippen LogP contribution is -2.11. The molecule has 1 aromatic carbocycles. The number of nitrogens with zero attached hydrogens (tertiary/aromatic N) is 1. The van der Waals surface area contributed by atoms with Crippen LogP contribution in [0.4, 0.5) is 24.5 Å². The second-order valence-electron chi connectivity index (χ2n) is 4.05. The Morgan fingerprint density at radius 1 is 1.32 bits per heavy atom. The molecule has 0 aliphatic rings. The van der Waals surface area contributed by atoms with Gasteiger partial charge in [0.15, 0.2) is 0 Å². The Kier molecular flexibility index (Phi) is 3.64. The summed E-state index contributed by atoms with van der Waals surface area (Å²) >= 11 is 0. The third kappa shape index (κ3) is 3.40. The molecule has 19 heavy (non-hydrogen) atoms. The maximum Gasteiger partial charge on any atom is 0.418 e. The van der Waals surface area contributed by atoms with E-state index in [0.29, 0.717) is 18.7 Å². The van der Waals surface area contributed by atoms with E-state index >= 15 is 0 Å². The number of nitrogens with two attached hydrogens (primary N) is 1. The zero-order valence-corrected chi connectivity index (χ0v) is 9.96. The Morgan fingerprint density at radius 3 is 2.74 bits per heavy atom. The standard InChI is InChI=1S/C12H13F3N4/c13-12(14,15)10-5-8(1-2-11(10)16)18-4-3-9-6-17-7-19-9/h1-2,5-7,18H,3-4,16H2,(H,17,19). The van der Waals surface area contributed by atoms with E-state index in [9.17, 15) is 13.2 Å². The van der Waals surface area contributed by atoms with E-state index in [4.69, 9.17) is 5.73 Å². The van der Waals surface area contributed by atoms with Crippen LogP contribution in [0.2, 0.25) is 0 Å². The molecule has 0 unspecified atom stereocenters. The van der Waals surface area contributed by atoms with Gasteiger partial charge >= 0.3 is 6.18 Å². The minimum absolute atomic E-state index is 0.272. The van der Waals surface area contributed by atoms with Crippen molar-refractivity contribution >= 4 is 11.4 Å². The third-order valence-electron chi connectivity index (χ3n) is 2.64. The van der Waals surface area contributed by atoms with E-state index in [0.717, 1.165) is 11.8 Å². The number of nitrogen functional groups attached to an aromatic ring is 1. The van der Waals surface area contributed by atoms with Gasteiger partial charge in [-0.05, 0) is 18.2 Å². The first kappa shape index (κ1) is 13.3. The van der Waals surface area contributed by atoms with Crippen LogP contribution in [0.1, 0.15) is 11.3 Å². The maximum absolute atomic E-state index is 12.7. The van der Waals surface area contributed by atoms with Gasteiger partial charge in [-0.2, -0.15) is 13.2 Å². The highest BCUT2D eigenvalue weighted by molar-refractivity contribution is 5.58. The van der Waals surface area contributed by atoms with Crippen LogP contribution in [0.25, 0.3) is 0 Å². The second-order valence-corrected chi connectivity index (χ2v) is 4.05. The van der Waals surface area contributed by atoms with E-state index in [2.05, 4.69) is 15.3 Å². The van der Waals surface area contributed by atoms with Gasteiger partial charge in [-0.3, -0.25) is 0 Å². The topological polar surface area (TPSA) is 66.7 Å². The number of aromatic nitrogens is 2. The van der Waals surface area contributed by atoms with E-state index in [1.165, 1.54) is 12.1 Å². The number of aromatic amines is 1. The summed E-state index contributed by atoms with van der Waals surface area (Å²) in [5.41, 5.74) is 5.53. The number of alkyl halides is 3. The lowest BCUT2D eigenvalue weighted by atomic mass is 10.1. The number of rotatable bonds is 4. The molecule has 0 saturated carbocycles. The van der Waals surface area contributed by atoms with Crippen molar-refractivity contribution in [3.8, 4) is 0 Å². The predicted molar refractivity (Wildman–Crippen MR) is 66.6 cm³/mol. The van der Waals surface area contributed by atoms with Crippen molar-refractivity contribution in [2.45, 2.75) is 12.6 Å². The number of H-pyrrole nitrogens is 1. The van der Waals surface area contributed by atoms with Crippen molar-refractivity contribution in [1.82, 2.24) is 9.97 Å². The van der Waals surface area contributed by atoms with Gasteiger partial charge < -0.3 is 16.0 Å². The minimum Gasteiger partial charge on any atom is -0.398 e. The number of imidazole rings is 1. The molecule has 1 aromatic heterocycles. The van der Waals surface area contributed by atoms with Crippen LogP contribution >= 0.6 is 0 Å². The van der Waals surface area contributed by atoms with Crippen LogP contribution in [0.15, 0.2) is 30.7 Å². The van der Waals surface area contributed by atoms with Crippen molar-refractivity contribution in [2.75, 3.05) is 17.6 Å². The SMILES string of the molecule is Nc1ccc(NCCc2cnc[nH]2)cc1C(F)(F)F. The zero-order valence-electron chi connectivity index (χ0n) is 9.96. The fraction of sp³-hybridized carbons (Fsp3) is 0.250. The van der Waals surface area contributed by atoms with Crippen molar-refractivity contribution in [2.24, 2.45) is 0 Å². The number of hydrogen-bond acceptors (Lipinski definition) is 3. The molecule has 2 rings (SSSR count). The van der Waals surface area contributed by atoms with Crippen molar-refractivity contribution < 1.29 is 13.2 Å². The number of hydrogen-bond donors (Lipinski definition) is 3. The summed E-state index contributed by atoms with van der Waals surface area (Å²) in [7, 11) is 0. The van der Waals surface area contributed by atoms with Crippen LogP contribution in [0.3, 0.4) is 0 Å². The van der Waals surface area contributed by atoms with Gasteiger partial charge in [-0.25, -0.2) is 4.98 Å². The van der Waals surface area contributed by atoms with Crippen LogP contribution in [-0.2, 0) is 12.6 Å². The molecule has 0 fully saturated rings. The molecule has 0 saturated heterocycles. The average Bonchev–Trinajstić information content (AvgIpc) is 2.83. The Labute approximate surface area is 107 Å². The van der Waals surface area contributed by atoms with E-state index in [-0.39, 0.29) is 5.69 Å². The molecule has 0 spiro atoms. The van der Waals surface area contributed by atoms with Crippen molar-refractivity contribution in [3.63, 3.8) is 0 Å². The van der Waals surface area contributed by atoms with Crippen LogP contribution in [-0.4, -0.2) is 16.5 Å². The molecule has 0 bridgehead atoms. The summed E-state index contributed by atoms with van der Waals surface area (Å²) in [6.07, 6.45) is -0.566. The Balaban J connectivity index is 2.01. The van der Waals surface area contributed by atoms with Crippen molar-refractivity contribution in [3.05, 3.63) is 42.0 Å². The molecule has 0 atom stereocenters. The summed E-state index contributed by atoms with van der Waals surface area (Å²) in [5, 5.41) is 2.92. The van der Waals surface area contributed by atoms with Crippen molar-refractivity contribution in [1.29, 1.82) is 0 Å². The summed E-state index contributed by atoms with van der Waals surface area (Å²) < 4.78 is 38.0. The molecule has 1 heterocycles. The highest BCUT2D eigenvalue weighted by Gasteiger charge is 2.33. The summed E-state index contributed by atoms with van der Waals surface area (Å²) in [6.45, 7) is 0.503. The number of halogens is 3. The summed E-state index contributed by atoms with van der Waals surface area (Å²) in [6, 6.07) is 3.79. The molecule has 0 aliphatic carbocycles. The molecular formula is C12H13F3N4. The Bertz CT molecular complexity index is 534. The van der Waals surface area contributed by atoms with Gasteiger partial charge in [-0.15, -0.1) is 0 Å². The first-order chi connectivity index (χ1) is 8.97. The molecule has 0 amide bonds. The van der Waals surface area contributed by atoms with Gasteiger partial charge in [-0.1, -0.05) is 0 Å². The van der Waals surface area contributed by atoms with Crippen LogP contribution in [0, 0.1) is 0 Å². The first-order valence-corrected chi connectivity index (χ1v) is 5.64. The second kappa shape index (κ2) is 5.21. The monoisotopic (exact) mass is 270 g/mol. The largest absolute Gasteiger partial charge is 0.418 e. The van der Waals surface area contributed by atoms with E-state index in [1.54, 1.807) is 12.5 Å². The Morgan fingerprint density at radius 2 is 2.11 bits per heavy atom. The Hall–Kier alpha value is -2.18.